The fraction of sp³-hybridized carbons (Fsp3) is 0.400. The third-order valence-corrected chi connectivity index (χ3v) is 2.33. The van der Waals surface area contributed by atoms with Crippen LogP contribution in [0.15, 0.2) is 16.5 Å². The maximum atomic E-state index is 11.5. The molecule has 0 saturated carbocycles. The number of hydrogen-bond acceptors (Lipinski definition) is 4. The largest absolute Gasteiger partial charge is 0.479 e. The van der Waals surface area contributed by atoms with E-state index < -0.39 is 12.1 Å². The van der Waals surface area contributed by atoms with Gasteiger partial charge in [-0.05, 0) is 13.0 Å². The maximum Gasteiger partial charge on any atom is 0.334 e. The number of rotatable bonds is 2. The van der Waals surface area contributed by atoms with E-state index in [9.17, 15) is 9.59 Å². The lowest BCUT2D eigenvalue weighted by Crippen LogP contribution is -2.49. The Labute approximate surface area is 91.4 Å². The van der Waals surface area contributed by atoms with E-state index in [0.29, 0.717) is 11.6 Å². The van der Waals surface area contributed by atoms with E-state index in [1.54, 1.807) is 19.1 Å². The first-order chi connectivity index (χ1) is 7.58. The van der Waals surface area contributed by atoms with Crippen LogP contribution in [0.1, 0.15) is 5.76 Å². The van der Waals surface area contributed by atoms with Crippen molar-refractivity contribution in [3.63, 3.8) is 0 Å². The second-order valence-electron chi connectivity index (χ2n) is 3.53. The molecular weight excluding hydrogens is 214 g/mol. The van der Waals surface area contributed by atoms with E-state index in [-0.39, 0.29) is 19.1 Å². The quantitative estimate of drug-likeness (QED) is 0.788. The van der Waals surface area contributed by atoms with Gasteiger partial charge in [0.05, 0.1) is 6.54 Å². The predicted octanol–water partition coefficient (Wildman–Crippen LogP) is 0.404. The van der Waals surface area contributed by atoms with Crippen molar-refractivity contribution in [2.45, 2.75) is 13.0 Å². The second kappa shape index (κ2) is 3.97. The number of carbonyl (C=O) groups excluding carboxylic acids is 1. The number of furan rings is 1. The zero-order chi connectivity index (χ0) is 11.7. The Hall–Kier alpha value is -1.82. The van der Waals surface area contributed by atoms with Crippen molar-refractivity contribution in [2.75, 3.05) is 18.1 Å². The molecule has 1 aromatic heterocycles. The number of nitrogens with zero attached hydrogens (tertiary/aromatic N) is 1. The van der Waals surface area contributed by atoms with Crippen LogP contribution < -0.4 is 4.90 Å². The molecule has 0 aliphatic carbocycles. The summed E-state index contributed by atoms with van der Waals surface area (Å²) in [6.45, 7) is 1.49. The average molecular weight is 225 g/mol. The number of morpholine rings is 1. The molecule has 1 atom stereocenters. The molecule has 1 saturated heterocycles. The summed E-state index contributed by atoms with van der Waals surface area (Å²) in [6.07, 6.45) is -0.997. The van der Waals surface area contributed by atoms with E-state index in [0.717, 1.165) is 0 Å². The third kappa shape index (κ3) is 1.92. The number of carboxylic acid groups (broad SMARTS) is 1. The molecule has 1 N–H and O–H groups in total. The summed E-state index contributed by atoms with van der Waals surface area (Å²) < 4.78 is 10.2. The van der Waals surface area contributed by atoms with Crippen molar-refractivity contribution in [2.24, 2.45) is 0 Å². The lowest BCUT2D eigenvalue weighted by atomic mass is 10.2. The number of carboxylic acids is 1. The second-order valence-corrected chi connectivity index (χ2v) is 3.53. The van der Waals surface area contributed by atoms with Gasteiger partial charge in [-0.3, -0.25) is 9.69 Å². The predicted molar refractivity (Wildman–Crippen MR) is 53.2 cm³/mol. The summed E-state index contributed by atoms with van der Waals surface area (Å²) in [5.74, 6) is -0.356. The molecule has 2 heterocycles. The van der Waals surface area contributed by atoms with Crippen LogP contribution in [0.4, 0.5) is 5.88 Å². The molecule has 0 spiro atoms. The first kappa shape index (κ1) is 10.7. The molecule has 1 aliphatic rings. The van der Waals surface area contributed by atoms with Gasteiger partial charge in [0.2, 0.25) is 5.88 Å². The van der Waals surface area contributed by atoms with Gasteiger partial charge in [0.1, 0.15) is 12.4 Å². The number of hydrogen-bond donors (Lipinski definition) is 1. The van der Waals surface area contributed by atoms with Crippen molar-refractivity contribution in [1.82, 2.24) is 0 Å². The van der Waals surface area contributed by atoms with E-state index >= 15 is 0 Å². The Morgan fingerprint density at radius 3 is 2.88 bits per heavy atom. The van der Waals surface area contributed by atoms with Crippen molar-refractivity contribution < 1.29 is 23.8 Å². The molecule has 6 nitrogen and oxygen atoms in total. The van der Waals surface area contributed by atoms with Crippen LogP contribution in [0.25, 0.3) is 0 Å². The minimum absolute atomic E-state index is 0.0267. The summed E-state index contributed by atoms with van der Waals surface area (Å²) in [5, 5.41) is 8.80. The summed E-state index contributed by atoms with van der Waals surface area (Å²) in [4.78, 5) is 23.6. The van der Waals surface area contributed by atoms with Crippen LogP contribution in [-0.2, 0) is 14.3 Å². The van der Waals surface area contributed by atoms with E-state index in [1.807, 2.05) is 0 Å². The summed E-state index contributed by atoms with van der Waals surface area (Å²) in [6, 6.07) is 3.35. The maximum absolute atomic E-state index is 11.5. The molecule has 6 heteroatoms. The summed E-state index contributed by atoms with van der Waals surface area (Å²) in [5.41, 5.74) is 0. The van der Waals surface area contributed by atoms with Gasteiger partial charge in [0, 0.05) is 6.07 Å². The van der Waals surface area contributed by atoms with E-state index in [2.05, 4.69) is 0 Å². The number of aryl methyl sites for hydroxylation is 1. The van der Waals surface area contributed by atoms with Gasteiger partial charge >= 0.3 is 5.97 Å². The van der Waals surface area contributed by atoms with Gasteiger partial charge in [-0.2, -0.15) is 0 Å². The average Bonchev–Trinajstić information content (AvgIpc) is 2.65. The topological polar surface area (TPSA) is 80.0 Å². The van der Waals surface area contributed by atoms with Gasteiger partial charge in [0.25, 0.3) is 5.91 Å². The number of aliphatic carboxylic acids is 1. The molecule has 0 bridgehead atoms. The van der Waals surface area contributed by atoms with Crippen LogP contribution in [0.5, 0.6) is 0 Å². The van der Waals surface area contributed by atoms with Crippen molar-refractivity contribution in [3.05, 3.63) is 17.9 Å². The zero-order valence-corrected chi connectivity index (χ0v) is 8.67. The molecule has 1 fully saturated rings. The van der Waals surface area contributed by atoms with Gasteiger partial charge in [-0.25, -0.2) is 4.79 Å². The Morgan fingerprint density at radius 1 is 1.56 bits per heavy atom. The number of ether oxygens (including phenoxy) is 1. The zero-order valence-electron chi connectivity index (χ0n) is 8.67. The van der Waals surface area contributed by atoms with Crippen LogP contribution in [0, 0.1) is 6.92 Å². The fourth-order valence-electron chi connectivity index (χ4n) is 1.50. The van der Waals surface area contributed by atoms with Gasteiger partial charge in [-0.1, -0.05) is 0 Å². The minimum atomic E-state index is -1.08. The standard InChI is InChI=1S/C10H11NO5/c1-6-2-3-9(16-6)11-4-7(10(13)14)15-5-8(11)12/h2-3,7H,4-5H2,1H3,(H,13,14). The first-order valence-corrected chi connectivity index (χ1v) is 4.79. The highest BCUT2D eigenvalue weighted by molar-refractivity contribution is 5.95. The molecule has 1 amide bonds. The fourth-order valence-corrected chi connectivity index (χ4v) is 1.50. The molecule has 0 aromatic carbocycles. The minimum Gasteiger partial charge on any atom is -0.479 e. The molecule has 1 aliphatic heterocycles. The van der Waals surface area contributed by atoms with E-state index in [1.165, 1.54) is 4.90 Å². The van der Waals surface area contributed by atoms with Crippen molar-refractivity contribution in [1.29, 1.82) is 0 Å². The third-order valence-electron chi connectivity index (χ3n) is 2.33. The van der Waals surface area contributed by atoms with Crippen LogP contribution in [0.3, 0.4) is 0 Å². The molecule has 1 aromatic rings. The smallest absolute Gasteiger partial charge is 0.334 e. The molecular formula is C10H11NO5. The summed E-state index contributed by atoms with van der Waals surface area (Å²) >= 11 is 0. The lowest BCUT2D eigenvalue weighted by Gasteiger charge is -2.28. The highest BCUT2D eigenvalue weighted by Crippen LogP contribution is 2.21. The Balaban J connectivity index is 2.19. The van der Waals surface area contributed by atoms with Gasteiger partial charge < -0.3 is 14.3 Å². The summed E-state index contributed by atoms with van der Waals surface area (Å²) in [7, 11) is 0. The van der Waals surface area contributed by atoms with Crippen LogP contribution >= 0.6 is 0 Å². The first-order valence-electron chi connectivity index (χ1n) is 4.79. The van der Waals surface area contributed by atoms with Crippen LogP contribution in [0.2, 0.25) is 0 Å². The van der Waals surface area contributed by atoms with Gasteiger partial charge in [0.15, 0.2) is 6.10 Å². The SMILES string of the molecule is Cc1ccc(N2CC(C(=O)O)OCC2=O)o1. The lowest BCUT2D eigenvalue weighted by molar-refractivity contribution is -0.154. The van der Waals surface area contributed by atoms with Gasteiger partial charge in [-0.15, -0.1) is 0 Å². The molecule has 0 radical (unpaired) electrons. The molecule has 86 valence electrons. The highest BCUT2D eigenvalue weighted by Gasteiger charge is 2.33. The van der Waals surface area contributed by atoms with E-state index in [4.69, 9.17) is 14.3 Å². The Bertz CT molecular complexity index is 425. The van der Waals surface area contributed by atoms with Crippen molar-refractivity contribution in [3.8, 4) is 0 Å². The molecule has 1 unspecified atom stereocenters. The molecule has 2 rings (SSSR count). The van der Waals surface area contributed by atoms with Crippen molar-refractivity contribution >= 4 is 17.8 Å². The number of anilines is 1. The highest BCUT2D eigenvalue weighted by atomic mass is 16.5. The van der Waals surface area contributed by atoms with Crippen LogP contribution in [-0.4, -0.2) is 36.2 Å². The Morgan fingerprint density at radius 2 is 2.31 bits per heavy atom. The monoisotopic (exact) mass is 225 g/mol. The molecule has 16 heavy (non-hydrogen) atoms. The number of amides is 1. The number of carbonyl (C=O) groups is 2. The normalized spacial score (nSPS) is 21.2. The Kier molecular flexibility index (Phi) is 2.66.